The van der Waals surface area contributed by atoms with Crippen molar-refractivity contribution in [1.29, 1.82) is 0 Å². The van der Waals surface area contributed by atoms with E-state index >= 15 is 0 Å². The Kier molecular flexibility index (Phi) is 4.53. The summed E-state index contributed by atoms with van der Waals surface area (Å²) in [5, 5.41) is 5.04. The van der Waals surface area contributed by atoms with Crippen molar-refractivity contribution < 1.29 is 9.59 Å². The number of nitrogens with one attached hydrogen (secondary N) is 2. The number of aromatic nitrogens is 1. The van der Waals surface area contributed by atoms with Crippen molar-refractivity contribution in [2.45, 2.75) is 0 Å². The number of nitrogens with two attached hydrogens (primary N) is 2. The summed E-state index contributed by atoms with van der Waals surface area (Å²) in [4.78, 5) is 25.8. The Morgan fingerprint density at radius 2 is 1.94 bits per heavy atom. The molecule has 0 aliphatic heterocycles. The Hall–Kier alpha value is -2.02. The van der Waals surface area contributed by atoms with Gasteiger partial charge in [-0.1, -0.05) is 11.6 Å². The molecule has 0 unspecified atom stereocenters. The second-order valence-electron chi connectivity index (χ2n) is 3.11. The molecule has 0 aliphatic rings. The van der Waals surface area contributed by atoms with E-state index in [4.69, 9.17) is 23.1 Å². The highest BCUT2D eigenvalue weighted by molar-refractivity contribution is 6.33. The Balaban J connectivity index is 2.52. The van der Waals surface area contributed by atoms with Crippen LogP contribution in [0.3, 0.4) is 0 Å². The van der Waals surface area contributed by atoms with E-state index in [0.717, 1.165) is 0 Å². The number of primary amides is 1. The Labute approximate surface area is 103 Å². The monoisotopic (exact) mass is 257 g/mol. The fourth-order valence-electron chi connectivity index (χ4n) is 1.06. The number of anilines is 1. The van der Waals surface area contributed by atoms with Crippen LogP contribution in [0.25, 0.3) is 0 Å². The summed E-state index contributed by atoms with van der Waals surface area (Å²) in [5.41, 5.74) is 10.3. The first kappa shape index (κ1) is 13.0. The third-order valence-electron chi connectivity index (χ3n) is 1.79. The molecule has 1 aromatic rings. The zero-order valence-corrected chi connectivity index (χ0v) is 9.62. The Morgan fingerprint density at radius 1 is 1.29 bits per heavy atom. The molecule has 0 fully saturated rings. The van der Waals surface area contributed by atoms with Crippen molar-refractivity contribution in [3.8, 4) is 0 Å². The van der Waals surface area contributed by atoms with Crippen molar-refractivity contribution in [2.24, 2.45) is 5.73 Å². The molecule has 0 saturated heterocycles. The standard InChI is InChI=1S/C9H12ClN5O2/c10-5-1-2-6(11)15-7(5)8(16)13-3-4-14-9(12)17/h1-2H,3-4H2,(H2,11,15)(H,13,16)(H3,12,14,17). The van der Waals surface area contributed by atoms with E-state index in [-0.39, 0.29) is 29.6 Å². The van der Waals surface area contributed by atoms with Gasteiger partial charge in [-0.2, -0.15) is 0 Å². The number of halogens is 1. The first-order valence-corrected chi connectivity index (χ1v) is 5.12. The predicted molar refractivity (Wildman–Crippen MR) is 63.6 cm³/mol. The van der Waals surface area contributed by atoms with Gasteiger partial charge in [0.2, 0.25) is 0 Å². The van der Waals surface area contributed by atoms with Gasteiger partial charge in [-0.25, -0.2) is 9.78 Å². The minimum atomic E-state index is -0.653. The van der Waals surface area contributed by atoms with Gasteiger partial charge in [-0.3, -0.25) is 4.79 Å². The van der Waals surface area contributed by atoms with Gasteiger partial charge in [0.25, 0.3) is 5.91 Å². The van der Waals surface area contributed by atoms with E-state index in [1.807, 2.05) is 0 Å². The van der Waals surface area contributed by atoms with Gasteiger partial charge in [0.1, 0.15) is 11.5 Å². The van der Waals surface area contributed by atoms with Crippen molar-refractivity contribution in [1.82, 2.24) is 15.6 Å². The molecule has 6 N–H and O–H groups in total. The number of pyridine rings is 1. The van der Waals surface area contributed by atoms with Crippen LogP contribution in [0.2, 0.25) is 5.02 Å². The molecule has 0 spiro atoms. The Morgan fingerprint density at radius 3 is 2.59 bits per heavy atom. The molecule has 17 heavy (non-hydrogen) atoms. The lowest BCUT2D eigenvalue weighted by Gasteiger charge is -2.06. The quantitative estimate of drug-likeness (QED) is 0.554. The molecule has 0 aliphatic carbocycles. The number of hydrogen-bond acceptors (Lipinski definition) is 4. The molecule has 0 atom stereocenters. The van der Waals surface area contributed by atoms with E-state index in [1.54, 1.807) is 0 Å². The summed E-state index contributed by atoms with van der Waals surface area (Å²) in [6.07, 6.45) is 0. The normalized spacial score (nSPS) is 9.71. The van der Waals surface area contributed by atoms with Gasteiger partial charge < -0.3 is 22.1 Å². The van der Waals surface area contributed by atoms with Crippen LogP contribution < -0.4 is 22.1 Å². The summed E-state index contributed by atoms with van der Waals surface area (Å²) in [6.45, 7) is 0.440. The molecule has 7 nitrogen and oxygen atoms in total. The van der Waals surface area contributed by atoms with Crippen LogP contribution in [0.5, 0.6) is 0 Å². The molecule has 1 rings (SSSR count). The van der Waals surface area contributed by atoms with Gasteiger partial charge in [0.05, 0.1) is 5.02 Å². The third kappa shape index (κ3) is 4.15. The fourth-order valence-corrected chi connectivity index (χ4v) is 1.25. The first-order valence-electron chi connectivity index (χ1n) is 4.74. The molecule has 0 saturated carbocycles. The maximum Gasteiger partial charge on any atom is 0.312 e. The second kappa shape index (κ2) is 5.90. The predicted octanol–water partition coefficient (Wildman–Crippen LogP) is -0.285. The van der Waals surface area contributed by atoms with E-state index < -0.39 is 11.9 Å². The number of hydrogen-bond donors (Lipinski definition) is 4. The Bertz CT molecular complexity index is 437. The van der Waals surface area contributed by atoms with Crippen molar-refractivity contribution >= 4 is 29.4 Å². The summed E-state index contributed by atoms with van der Waals surface area (Å²) >= 11 is 5.79. The van der Waals surface area contributed by atoms with E-state index in [0.29, 0.717) is 0 Å². The van der Waals surface area contributed by atoms with Crippen LogP contribution in [0.1, 0.15) is 10.5 Å². The summed E-state index contributed by atoms with van der Waals surface area (Å²) in [6, 6.07) is 2.33. The minimum Gasteiger partial charge on any atom is -0.384 e. The molecule has 1 heterocycles. The third-order valence-corrected chi connectivity index (χ3v) is 2.10. The number of carbonyl (C=O) groups is 2. The molecule has 92 valence electrons. The van der Waals surface area contributed by atoms with Gasteiger partial charge in [0.15, 0.2) is 0 Å². The molecular formula is C9H12ClN5O2. The highest BCUT2D eigenvalue weighted by Crippen LogP contribution is 2.14. The fraction of sp³-hybridized carbons (Fsp3) is 0.222. The molecule has 3 amide bonds. The van der Waals surface area contributed by atoms with Gasteiger partial charge in [-0.15, -0.1) is 0 Å². The molecule has 1 aromatic heterocycles. The molecule has 0 aromatic carbocycles. The van der Waals surface area contributed by atoms with Gasteiger partial charge in [0, 0.05) is 13.1 Å². The SMILES string of the molecule is NC(=O)NCCNC(=O)c1nc(N)ccc1Cl. The number of carbonyl (C=O) groups excluding carboxylic acids is 2. The van der Waals surface area contributed by atoms with Crippen LogP contribution in [-0.4, -0.2) is 30.0 Å². The number of nitrogen functional groups attached to an aromatic ring is 1. The zero-order valence-electron chi connectivity index (χ0n) is 8.87. The maximum atomic E-state index is 11.6. The maximum absolute atomic E-state index is 11.6. The molecular weight excluding hydrogens is 246 g/mol. The highest BCUT2D eigenvalue weighted by Gasteiger charge is 2.11. The lowest BCUT2D eigenvalue weighted by molar-refractivity contribution is 0.0949. The van der Waals surface area contributed by atoms with E-state index in [9.17, 15) is 9.59 Å². The zero-order chi connectivity index (χ0) is 12.8. The lowest BCUT2D eigenvalue weighted by atomic mass is 10.3. The number of urea groups is 1. The topological polar surface area (TPSA) is 123 Å². The average molecular weight is 258 g/mol. The minimum absolute atomic E-state index is 0.0470. The average Bonchev–Trinajstić information content (AvgIpc) is 2.27. The second-order valence-corrected chi connectivity index (χ2v) is 3.52. The van der Waals surface area contributed by atoms with Gasteiger partial charge in [-0.05, 0) is 12.1 Å². The van der Waals surface area contributed by atoms with Gasteiger partial charge >= 0.3 is 6.03 Å². The van der Waals surface area contributed by atoms with E-state index in [2.05, 4.69) is 15.6 Å². The highest BCUT2D eigenvalue weighted by atomic mass is 35.5. The summed E-state index contributed by atoms with van der Waals surface area (Å²) in [7, 11) is 0. The lowest BCUT2D eigenvalue weighted by Crippen LogP contribution is -2.37. The largest absolute Gasteiger partial charge is 0.384 e. The number of rotatable bonds is 4. The molecule has 8 heteroatoms. The van der Waals surface area contributed by atoms with Crippen molar-refractivity contribution in [2.75, 3.05) is 18.8 Å². The van der Waals surface area contributed by atoms with Crippen LogP contribution in [0.15, 0.2) is 12.1 Å². The van der Waals surface area contributed by atoms with Crippen molar-refractivity contribution in [3.63, 3.8) is 0 Å². The first-order chi connectivity index (χ1) is 8.00. The van der Waals surface area contributed by atoms with E-state index in [1.165, 1.54) is 12.1 Å². The van der Waals surface area contributed by atoms with Crippen molar-refractivity contribution in [3.05, 3.63) is 22.8 Å². The van der Waals surface area contributed by atoms with Crippen LogP contribution in [-0.2, 0) is 0 Å². The van der Waals surface area contributed by atoms with Crippen LogP contribution in [0.4, 0.5) is 10.6 Å². The number of amides is 3. The molecule has 0 bridgehead atoms. The van der Waals surface area contributed by atoms with Crippen LogP contribution >= 0.6 is 11.6 Å². The molecule has 0 radical (unpaired) electrons. The number of nitrogens with zero attached hydrogens (tertiary/aromatic N) is 1. The smallest absolute Gasteiger partial charge is 0.312 e. The summed E-state index contributed by atoms with van der Waals surface area (Å²) in [5.74, 6) is -0.261. The summed E-state index contributed by atoms with van der Waals surface area (Å²) < 4.78 is 0. The van der Waals surface area contributed by atoms with Crippen LogP contribution in [0, 0.1) is 0 Å².